The second kappa shape index (κ2) is 6.89. The maximum absolute atomic E-state index is 11.5. The number of carbonyl (C=O) groups is 1. The maximum Gasteiger partial charge on any atom is 0.319 e. The van der Waals surface area contributed by atoms with Crippen LogP contribution in [0.2, 0.25) is 0 Å². The van der Waals surface area contributed by atoms with Crippen LogP contribution < -0.4 is 16.0 Å². The highest BCUT2D eigenvalue weighted by Crippen LogP contribution is 2.13. The molecule has 1 aromatic carbocycles. The first-order valence-corrected chi connectivity index (χ1v) is 6.39. The average Bonchev–Trinajstić information content (AvgIpc) is 2.26. The smallest absolute Gasteiger partial charge is 0.319 e. The first-order valence-electron chi connectivity index (χ1n) is 6.39. The van der Waals surface area contributed by atoms with Crippen molar-refractivity contribution in [2.24, 2.45) is 5.92 Å². The lowest BCUT2D eigenvalue weighted by Crippen LogP contribution is -2.34. The SMILES string of the molecule is CC(C)CNc1ccc(NC(=O)NC(C)C)cc1. The van der Waals surface area contributed by atoms with Crippen molar-refractivity contribution in [1.29, 1.82) is 0 Å². The molecule has 0 saturated carbocycles. The summed E-state index contributed by atoms with van der Waals surface area (Å²) >= 11 is 0. The molecule has 0 aliphatic heterocycles. The Labute approximate surface area is 109 Å². The molecule has 0 aliphatic carbocycles. The van der Waals surface area contributed by atoms with Gasteiger partial charge in [-0.05, 0) is 44.0 Å². The first kappa shape index (κ1) is 14.4. The molecule has 0 fully saturated rings. The summed E-state index contributed by atoms with van der Waals surface area (Å²) in [6.45, 7) is 9.13. The van der Waals surface area contributed by atoms with E-state index in [2.05, 4.69) is 29.8 Å². The molecule has 0 aromatic heterocycles. The number of hydrogen-bond acceptors (Lipinski definition) is 2. The molecule has 4 nitrogen and oxygen atoms in total. The summed E-state index contributed by atoms with van der Waals surface area (Å²) in [7, 11) is 0. The van der Waals surface area contributed by atoms with E-state index in [0.29, 0.717) is 5.92 Å². The lowest BCUT2D eigenvalue weighted by molar-refractivity contribution is 0.250. The van der Waals surface area contributed by atoms with E-state index in [1.807, 2.05) is 38.1 Å². The fraction of sp³-hybridized carbons (Fsp3) is 0.500. The van der Waals surface area contributed by atoms with Crippen LogP contribution in [0, 0.1) is 5.92 Å². The van der Waals surface area contributed by atoms with E-state index >= 15 is 0 Å². The molecule has 0 unspecified atom stereocenters. The predicted octanol–water partition coefficient (Wildman–Crippen LogP) is 3.28. The molecule has 4 heteroatoms. The second-order valence-corrected chi connectivity index (χ2v) is 5.11. The van der Waals surface area contributed by atoms with Gasteiger partial charge in [0.05, 0.1) is 0 Å². The van der Waals surface area contributed by atoms with Crippen molar-refractivity contribution in [3.63, 3.8) is 0 Å². The Morgan fingerprint density at radius 2 is 1.61 bits per heavy atom. The molecule has 0 saturated heterocycles. The van der Waals surface area contributed by atoms with Crippen LogP contribution in [0.4, 0.5) is 16.2 Å². The molecule has 0 heterocycles. The van der Waals surface area contributed by atoms with Crippen molar-refractivity contribution in [1.82, 2.24) is 5.32 Å². The number of amides is 2. The van der Waals surface area contributed by atoms with Crippen LogP contribution in [-0.4, -0.2) is 18.6 Å². The van der Waals surface area contributed by atoms with E-state index in [9.17, 15) is 4.79 Å². The quantitative estimate of drug-likeness (QED) is 0.750. The minimum atomic E-state index is -0.173. The molecule has 100 valence electrons. The van der Waals surface area contributed by atoms with Crippen LogP contribution in [0.15, 0.2) is 24.3 Å². The molecule has 3 N–H and O–H groups in total. The average molecular weight is 249 g/mol. The Hall–Kier alpha value is -1.71. The normalized spacial score (nSPS) is 10.6. The van der Waals surface area contributed by atoms with Gasteiger partial charge in [-0.2, -0.15) is 0 Å². The van der Waals surface area contributed by atoms with Crippen LogP contribution >= 0.6 is 0 Å². The van der Waals surface area contributed by atoms with Gasteiger partial charge in [-0.3, -0.25) is 0 Å². The van der Waals surface area contributed by atoms with Gasteiger partial charge >= 0.3 is 6.03 Å². The van der Waals surface area contributed by atoms with Gasteiger partial charge in [0.1, 0.15) is 0 Å². The van der Waals surface area contributed by atoms with Crippen molar-refractivity contribution < 1.29 is 4.79 Å². The van der Waals surface area contributed by atoms with Crippen molar-refractivity contribution in [2.45, 2.75) is 33.7 Å². The third-order valence-electron chi connectivity index (χ3n) is 2.28. The number of anilines is 2. The highest BCUT2D eigenvalue weighted by Gasteiger charge is 2.03. The highest BCUT2D eigenvalue weighted by molar-refractivity contribution is 5.89. The summed E-state index contributed by atoms with van der Waals surface area (Å²) in [6.07, 6.45) is 0. The van der Waals surface area contributed by atoms with Gasteiger partial charge in [-0.15, -0.1) is 0 Å². The van der Waals surface area contributed by atoms with Crippen LogP contribution in [0.1, 0.15) is 27.7 Å². The second-order valence-electron chi connectivity index (χ2n) is 5.11. The third-order valence-corrected chi connectivity index (χ3v) is 2.28. The molecular weight excluding hydrogens is 226 g/mol. The van der Waals surface area contributed by atoms with Crippen LogP contribution in [0.3, 0.4) is 0 Å². The molecule has 0 radical (unpaired) electrons. The number of benzene rings is 1. The number of urea groups is 1. The van der Waals surface area contributed by atoms with Crippen LogP contribution in [0.25, 0.3) is 0 Å². The minimum absolute atomic E-state index is 0.136. The first-order chi connectivity index (χ1) is 8.47. The number of rotatable bonds is 5. The molecule has 2 amide bonds. The van der Waals surface area contributed by atoms with Gasteiger partial charge in [0.2, 0.25) is 0 Å². The molecule has 0 atom stereocenters. The van der Waals surface area contributed by atoms with Gasteiger partial charge in [0.15, 0.2) is 0 Å². The highest BCUT2D eigenvalue weighted by atomic mass is 16.2. The van der Waals surface area contributed by atoms with E-state index in [1.165, 1.54) is 0 Å². The largest absolute Gasteiger partial charge is 0.385 e. The molecule has 18 heavy (non-hydrogen) atoms. The molecular formula is C14H23N3O. The topological polar surface area (TPSA) is 53.2 Å². The Bertz CT molecular complexity index is 371. The Morgan fingerprint density at radius 1 is 1.06 bits per heavy atom. The molecule has 0 aliphatic rings. The number of carbonyl (C=O) groups excluding carboxylic acids is 1. The van der Waals surface area contributed by atoms with Gasteiger partial charge < -0.3 is 16.0 Å². The lowest BCUT2D eigenvalue weighted by atomic mass is 10.2. The summed E-state index contributed by atoms with van der Waals surface area (Å²) in [5.41, 5.74) is 1.86. The van der Waals surface area contributed by atoms with E-state index in [-0.39, 0.29) is 12.1 Å². The fourth-order valence-electron chi connectivity index (χ4n) is 1.42. The molecule has 1 aromatic rings. The van der Waals surface area contributed by atoms with Crippen LogP contribution in [0.5, 0.6) is 0 Å². The summed E-state index contributed by atoms with van der Waals surface area (Å²) in [5.74, 6) is 0.611. The summed E-state index contributed by atoms with van der Waals surface area (Å²) in [4.78, 5) is 11.5. The Kier molecular flexibility index (Phi) is 5.49. The zero-order valence-corrected chi connectivity index (χ0v) is 11.6. The number of nitrogens with one attached hydrogen (secondary N) is 3. The van der Waals surface area contributed by atoms with Crippen molar-refractivity contribution in [3.8, 4) is 0 Å². The molecule has 1 rings (SSSR count). The summed E-state index contributed by atoms with van der Waals surface area (Å²) < 4.78 is 0. The van der Waals surface area contributed by atoms with E-state index < -0.39 is 0 Å². The van der Waals surface area contributed by atoms with Gasteiger partial charge in [0, 0.05) is 24.0 Å². The Balaban J connectivity index is 2.47. The van der Waals surface area contributed by atoms with Gasteiger partial charge in [-0.1, -0.05) is 13.8 Å². The van der Waals surface area contributed by atoms with E-state index in [0.717, 1.165) is 17.9 Å². The zero-order valence-electron chi connectivity index (χ0n) is 11.6. The van der Waals surface area contributed by atoms with Gasteiger partial charge in [0.25, 0.3) is 0 Å². The minimum Gasteiger partial charge on any atom is -0.385 e. The number of hydrogen-bond donors (Lipinski definition) is 3. The Morgan fingerprint density at radius 3 is 2.11 bits per heavy atom. The standard InChI is InChI=1S/C14H23N3O/c1-10(2)9-15-12-5-7-13(8-6-12)17-14(18)16-11(3)4/h5-8,10-11,15H,9H2,1-4H3,(H2,16,17,18). The van der Waals surface area contributed by atoms with Crippen molar-refractivity contribution >= 4 is 17.4 Å². The predicted molar refractivity (Wildman–Crippen MR) is 77.1 cm³/mol. The van der Waals surface area contributed by atoms with E-state index in [4.69, 9.17) is 0 Å². The lowest BCUT2D eigenvalue weighted by Gasteiger charge is -2.12. The maximum atomic E-state index is 11.5. The van der Waals surface area contributed by atoms with Crippen molar-refractivity contribution in [3.05, 3.63) is 24.3 Å². The summed E-state index contributed by atoms with van der Waals surface area (Å²) in [6, 6.07) is 7.68. The molecule has 0 spiro atoms. The molecule has 0 bridgehead atoms. The fourth-order valence-corrected chi connectivity index (χ4v) is 1.42. The van der Waals surface area contributed by atoms with Crippen molar-refractivity contribution in [2.75, 3.05) is 17.2 Å². The van der Waals surface area contributed by atoms with Crippen LogP contribution in [-0.2, 0) is 0 Å². The third kappa shape index (κ3) is 5.57. The van der Waals surface area contributed by atoms with Gasteiger partial charge in [-0.25, -0.2) is 4.79 Å². The zero-order chi connectivity index (χ0) is 13.5. The summed E-state index contributed by atoms with van der Waals surface area (Å²) in [5, 5.41) is 8.90. The monoisotopic (exact) mass is 249 g/mol. The van der Waals surface area contributed by atoms with E-state index in [1.54, 1.807) is 0 Å².